The maximum atomic E-state index is 13.0. The third-order valence-electron chi connectivity index (χ3n) is 4.54. The van der Waals surface area contributed by atoms with E-state index in [0.29, 0.717) is 23.0 Å². The number of fused-ring (bicyclic) bond motifs is 1. The van der Waals surface area contributed by atoms with Gasteiger partial charge in [0.05, 0.1) is 25.7 Å². The van der Waals surface area contributed by atoms with E-state index >= 15 is 0 Å². The van der Waals surface area contributed by atoms with Crippen molar-refractivity contribution in [2.24, 2.45) is 5.92 Å². The third kappa shape index (κ3) is 2.75. The summed E-state index contributed by atoms with van der Waals surface area (Å²) in [7, 11) is 3.21. The minimum Gasteiger partial charge on any atom is -0.496 e. The monoisotopic (exact) mass is 355 g/mol. The molecule has 2 aromatic heterocycles. The number of methoxy groups -OCH3 is 2. The number of hydrogen-bond acceptors (Lipinski definition) is 4. The molecule has 2 N–H and O–H groups in total. The van der Waals surface area contributed by atoms with E-state index < -0.39 is 12.1 Å². The largest absolute Gasteiger partial charge is 0.496 e. The van der Waals surface area contributed by atoms with E-state index in [9.17, 15) is 9.18 Å². The molecule has 2 unspecified atom stereocenters. The number of nitrogens with zero attached hydrogens (tertiary/aromatic N) is 1. The zero-order valence-electron chi connectivity index (χ0n) is 14.4. The second kappa shape index (κ2) is 6.33. The van der Waals surface area contributed by atoms with E-state index in [-0.39, 0.29) is 12.3 Å². The van der Waals surface area contributed by atoms with Crippen LogP contribution < -0.4 is 14.8 Å². The van der Waals surface area contributed by atoms with Gasteiger partial charge in [-0.15, -0.1) is 0 Å². The molecule has 0 saturated heterocycles. The first-order chi connectivity index (χ1) is 12.6. The van der Waals surface area contributed by atoms with Gasteiger partial charge in [-0.25, -0.2) is 9.37 Å². The number of nitrogens with one attached hydrogen (secondary N) is 2. The summed E-state index contributed by atoms with van der Waals surface area (Å²) >= 11 is 0. The Labute approximate surface area is 149 Å². The lowest BCUT2D eigenvalue weighted by atomic mass is 10.0. The number of aromatic nitrogens is 2. The van der Waals surface area contributed by atoms with E-state index in [1.165, 1.54) is 0 Å². The van der Waals surface area contributed by atoms with Crippen molar-refractivity contribution in [1.82, 2.24) is 9.97 Å². The molecule has 1 fully saturated rings. The maximum Gasteiger partial charge on any atom is 0.231 e. The van der Waals surface area contributed by atoms with Gasteiger partial charge >= 0.3 is 0 Å². The van der Waals surface area contributed by atoms with E-state index in [4.69, 9.17) is 9.47 Å². The van der Waals surface area contributed by atoms with Gasteiger partial charge in [0.15, 0.2) is 0 Å². The Balaban J connectivity index is 1.72. The Morgan fingerprint density at radius 3 is 2.54 bits per heavy atom. The van der Waals surface area contributed by atoms with Crippen molar-refractivity contribution in [2.45, 2.75) is 12.6 Å². The minimum absolute atomic E-state index is 0.286. The van der Waals surface area contributed by atoms with Crippen LogP contribution in [0.1, 0.15) is 6.42 Å². The van der Waals surface area contributed by atoms with Crippen molar-refractivity contribution < 1.29 is 18.7 Å². The normalized spacial score (nSPS) is 18.6. The van der Waals surface area contributed by atoms with Crippen molar-refractivity contribution in [1.29, 1.82) is 0 Å². The first kappa shape index (κ1) is 16.4. The van der Waals surface area contributed by atoms with Crippen LogP contribution in [0.25, 0.3) is 22.2 Å². The fourth-order valence-corrected chi connectivity index (χ4v) is 3.05. The van der Waals surface area contributed by atoms with Gasteiger partial charge in [0.2, 0.25) is 5.91 Å². The molecular formula is C19H18FN3O3. The molecule has 0 radical (unpaired) electrons. The van der Waals surface area contributed by atoms with Crippen LogP contribution >= 0.6 is 0 Å². The molecule has 0 aliphatic heterocycles. The summed E-state index contributed by atoms with van der Waals surface area (Å²) in [6, 6.07) is 9.14. The minimum atomic E-state index is -1.03. The van der Waals surface area contributed by atoms with Gasteiger partial charge in [-0.2, -0.15) is 0 Å². The highest BCUT2D eigenvalue weighted by Crippen LogP contribution is 2.41. The van der Waals surface area contributed by atoms with Gasteiger partial charge in [-0.05, 0) is 30.7 Å². The van der Waals surface area contributed by atoms with Crippen LogP contribution in [0, 0.1) is 5.92 Å². The summed E-state index contributed by atoms with van der Waals surface area (Å²) in [5.74, 6) is 0.879. The molecule has 1 aliphatic carbocycles. The summed E-state index contributed by atoms with van der Waals surface area (Å²) in [5, 5.41) is 3.52. The Morgan fingerprint density at radius 1 is 1.23 bits per heavy atom. The molecular weight excluding hydrogens is 337 g/mol. The second-order valence-electron chi connectivity index (χ2n) is 6.18. The Morgan fingerprint density at radius 2 is 1.92 bits per heavy atom. The van der Waals surface area contributed by atoms with Gasteiger partial charge in [0.1, 0.15) is 29.1 Å². The van der Waals surface area contributed by atoms with Crippen LogP contribution in [0.15, 0.2) is 36.5 Å². The highest BCUT2D eigenvalue weighted by atomic mass is 19.1. The van der Waals surface area contributed by atoms with E-state index in [0.717, 1.165) is 16.5 Å². The lowest BCUT2D eigenvalue weighted by Gasteiger charge is -2.12. The SMILES string of the molecule is COc1cccc(OC)c1-c1c[nH]c2nc(NC(=O)C3CC3F)ccc12. The molecule has 3 aromatic rings. The van der Waals surface area contributed by atoms with E-state index in [1.54, 1.807) is 20.3 Å². The number of halogens is 1. The topological polar surface area (TPSA) is 76.2 Å². The molecule has 7 heteroatoms. The fourth-order valence-electron chi connectivity index (χ4n) is 3.05. The quantitative estimate of drug-likeness (QED) is 0.734. The number of amides is 1. The molecule has 134 valence electrons. The van der Waals surface area contributed by atoms with Gasteiger partial charge in [-0.3, -0.25) is 4.79 Å². The highest BCUT2D eigenvalue weighted by molar-refractivity contribution is 5.99. The van der Waals surface area contributed by atoms with Crippen LogP contribution in [0.3, 0.4) is 0 Å². The number of H-pyrrole nitrogens is 1. The fraction of sp³-hybridized carbons (Fsp3) is 0.263. The van der Waals surface area contributed by atoms with Crippen molar-refractivity contribution in [3.8, 4) is 22.6 Å². The first-order valence-corrected chi connectivity index (χ1v) is 8.26. The van der Waals surface area contributed by atoms with Gasteiger partial charge in [0.25, 0.3) is 0 Å². The third-order valence-corrected chi connectivity index (χ3v) is 4.54. The predicted molar refractivity (Wildman–Crippen MR) is 96.3 cm³/mol. The summed E-state index contributed by atoms with van der Waals surface area (Å²) in [6.45, 7) is 0. The van der Waals surface area contributed by atoms with Gasteiger partial charge in [-0.1, -0.05) is 6.07 Å². The Hall–Kier alpha value is -3.09. The average molecular weight is 355 g/mol. The molecule has 2 heterocycles. The van der Waals surface area contributed by atoms with Crippen LogP contribution in [0.2, 0.25) is 0 Å². The summed E-state index contributed by atoms with van der Waals surface area (Å²) in [5.41, 5.74) is 2.31. The van der Waals surface area contributed by atoms with Crippen molar-refractivity contribution in [3.63, 3.8) is 0 Å². The summed E-state index contributed by atoms with van der Waals surface area (Å²) in [4.78, 5) is 19.4. The van der Waals surface area contributed by atoms with Crippen LogP contribution in [-0.2, 0) is 4.79 Å². The molecule has 6 nitrogen and oxygen atoms in total. The number of anilines is 1. The molecule has 1 aliphatic rings. The Kier molecular flexibility index (Phi) is 3.99. The van der Waals surface area contributed by atoms with Crippen LogP contribution in [-0.4, -0.2) is 36.3 Å². The lowest BCUT2D eigenvalue weighted by molar-refractivity contribution is -0.117. The molecule has 1 amide bonds. The maximum absolute atomic E-state index is 13.0. The zero-order chi connectivity index (χ0) is 18.3. The number of rotatable bonds is 5. The number of alkyl halides is 1. The van der Waals surface area contributed by atoms with Gasteiger partial charge < -0.3 is 19.8 Å². The van der Waals surface area contributed by atoms with Crippen LogP contribution in [0.4, 0.5) is 10.2 Å². The smallest absolute Gasteiger partial charge is 0.231 e. The number of pyridine rings is 1. The number of benzene rings is 1. The first-order valence-electron chi connectivity index (χ1n) is 8.26. The number of ether oxygens (including phenoxy) is 2. The molecule has 26 heavy (non-hydrogen) atoms. The highest BCUT2D eigenvalue weighted by Gasteiger charge is 2.43. The number of hydrogen-bond donors (Lipinski definition) is 2. The molecule has 4 rings (SSSR count). The molecule has 1 aromatic carbocycles. The van der Waals surface area contributed by atoms with Crippen molar-refractivity contribution in [3.05, 3.63) is 36.5 Å². The van der Waals surface area contributed by atoms with Crippen LogP contribution in [0.5, 0.6) is 11.5 Å². The lowest BCUT2D eigenvalue weighted by Crippen LogP contribution is -2.15. The molecule has 1 saturated carbocycles. The second-order valence-corrected chi connectivity index (χ2v) is 6.18. The predicted octanol–water partition coefficient (Wildman–Crippen LogP) is 3.54. The number of carbonyl (C=O) groups excluding carboxylic acids is 1. The number of carbonyl (C=O) groups is 1. The average Bonchev–Trinajstić information content (AvgIpc) is 3.25. The number of aromatic amines is 1. The van der Waals surface area contributed by atoms with Crippen molar-refractivity contribution >= 4 is 22.8 Å². The van der Waals surface area contributed by atoms with E-state index in [2.05, 4.69) is 15.3 Å². The summed E-state index contributed by atoms with van der Waals surface area (Å²) in [6.07, 6.45) is 1.07. The standard InChI is InChI=1S/C19H18FN3O3/c1-25-14-4-3-5-15(26-2)17(14)12-9-21-18-10(12)6-7-16(22-18)23-19(24)11-8-13(11)20/h3-7,9,11,13H,8H2,1-2H3,(H2,21,22,23,24). The Bertz CT molecular complexity index is 963. The van der Waals surface area contributed by atoms with Gasteiger partial charge in [0, 0.05) is 17.1 Å². The zero-order valence-corrected chi connectivity index (χ0v) is 14.4. The molecule has 0 bridgehead atoms. The van der Waals surface area contributed by atoms with E-state index in [1.807, 2.05) is 30.5 Å². The molecule has 0 spiro atoms. The molecule has 2 atom stereocenters. The van der Waals surface area contributed by atoms with Crippen molar-refractivity contribution in [2.75, 3.05) is 19.5 Å². The summed E-state index contributed by atoms with van der Waals surface area (Å²) < 4.78 is 24.0.